The van der Waals surface area contributed by atoms with Crippen molar-refractivity contribution in [2.75, 3.05) is 13.1 Å². The van der Waals surface area contributed by atoms with E-state index < -0.39 is 15.8 Å². The normalized spacial score (nSPS) is 16.2. The summed E-state index contributed by atoms with van der Waals surface area (Å²) in [5.41, 5.74) is 0.841. The van der Waals surface area contributed by atoms with Gasteiger partial charge in [-0.15, -0.1) is 0 Å². The van der Waals surface area contributed by atoms with Gasteiger partial charge in [0, 0.05) is 17.5 Å². The third-order valence-corrected chi connectivity index (χ3v) is 4.30. The average Bonchev–Trinajstić information content (AvgIpc) is 2.58. The molecule has 2 N–H and O–H groups in total. The van der Waals surface area contributed by atoms with Crippen LogP contribution in [0.5, 0.6) is 0 Å². The zero-order chi connectivity index (χ0) is 13.3. The number of benzene rings is 1. The van der Waals surface area contributed by atoms with Gasteiger partial charge in [-0.25, -0.2) is 13.2 Å². The molecule has 2 rings (SSSR count). The van der Waals surface area contributed by atoms with Gasteiger partial charge in [0.05, 0.1) is 10.5 Å². The highest BCUT2D eigenvalue weighted by Gasteiger charge is 2.30. The predicted octanol–water partition coefficient (Wildman–Crippen LogP) is 1.12. The number of carboxylic acid groups (broad SMARTS) is 1. The molecule has 0 radical (unpaired) electrons. The molecule has 0 aliphatic carbocycles. The van der Waals surface area contributed by atoms with Crippen LogP contribution in [0.15, 0.2) is 28.5 Å². The summed E-state index contributed by atoms with van der Waals surface area (Å²) in [6.07, 6.45) is 0. The third-order valence-electron chi connectivity index (χ3n) is 2.75. The van der Waals surface area contributed by atoms with Gasteiger partial charge in [-0.2, -0.15) is 0 Å². The van der Waals surface area contributed by atoms with Crippen molar-refractivity contribution in [3.8, 4) is 0 Å². The Morgan fingerprint density at radius 2 is 2.11 bits per heavy atom. The summed E-state index contributed by atoms with van der Waals surface area (Å²) in [7, 11) is -3.51. The van der Waals surface area contributed by atoms with Gasteiger partial charge in [0.1, 0.15) is 0 Å². The number of carbonyl (C=O) groups is 1. The Morgan fingerprint density at radius 1 is 1.39 bits per heavy atom. The van der Waals surface area contributed by atoms with E-state index >= 15 is 0 Å². The van der Waals surface area contributed by atoms with Crippen molar-refractivity contribution in [2.24, 2.45) is 0 Å². The van der Waals surface area contributed by atoms with E-state index in [9.17, 15) is 13.2 Å². The number of hydrogen-bond donors (Lipinski definition) is 2. The second-order valence-electron chi connectivity index (χ2n) is 3.95. The van der Waals surface area contributed by atoms with E-state index in [4.69, 9.17) is 5.11 Å². The van der Waals surface area contributed by atoms with Gasteiger partial charge in [-0.05, 0) is 24.3 Å². The number of likely N-dealkylation sites (N-methyl/N-ethyl adjacent to an activating group) is 1. The molecule has 0 saturated carbocycles. The first-order chi connectivity index (χ1) is 8.47. The van der Waals surface area contributed by atoms with E-state index in [1.54, 1.807) is 0 Å². The lowest BCUT2D eigenvalue weighted by atomic mass is 10.0. The number of aromatic carboxylic acids is 1. The zero-order valence-corrected chi connectivity index (χ0v) is 10.6. The number of nitrogens with one attached hydrogen (secondary N) is 1. The van der Waals surface area contributed by atoms with E-state index in [0.29, 0.717) is 24.2 Å². The second-order valence-corrected chi connectivity index (χ2v) is 5.72. The minimum absolute atomic E-state index is 0.0257. The number of sulfone groups is 1. The van der Waals surface area contributed by atoms with Crippen LogP contribution in [0.25, 0.3) is 5.57 Å². The summed E-state index contributed by atoms with van der Waals surface area (Å²) in [5.74, 6) is -1.12. The van der Waals surface area contributed by atoms with Crippen LogP contribution in [-0.4, -0.2) is 32.6 Å². The van der Waals surface area contributed by atoms with Crippen LogP contribution < -0.4 is 5.32 Å². The Balaban J connectivity index is 2.62. The molecule has 1 heterocycles. The van der Waals surface area contributed by atoms with Crippen LogP contribution >= 0.6 is 0 Å². The van der Waals surface area contributed by atoms with Crippen molar-refractivity contribution in [1.82, 2.24) is 5.32 Å². The van der Waals surface area contributed by atoms with E-state index in [1.165, 1.54) is 18.2 Å². The van der Waals surface area contributed by atoms with Crippen molar-refractivity contribution in [3.05, 3.63) is 34.7 Å². The molecule has 0 aromatic heterocycles. The Hall–Kier alpha value is -1.66. The molecule has 18 heavy (non-hydrogen) atoms. The first-order valence-corrected chi connectivity index (χ1v) is 7.05. The highest BCUT2D eigenvalue weighted by atomic mass is 32.2. The monoisotopic (exact) mass is 267 g/mol. The lowest BCUT2D eigenvalue weighted by Gasteiger charge is -2.08. The van der Waals surface area contributed by atoms with Crippen molar-refractivity contribution >= 4 is 21.4 Å². The summed E-state index contributed by atoms with van der Waals surface area (Å²) in [6.45, 7) is 2.92. The van der Waals surface area contributed by atoms with Crippen molar-refractivity contribution < 1.29 is 18.3 Å². The third kappa shape index (κ3) is 2.04. The van der Waals surface area contributed by atoms with Gasteiger partial charge in [-0.1, -0.05) is 13.0 Å². The molecule has 0 amide bonds. The molecule has 5 nitrogen and oxygen atoms in total. The topological polar surface area (TPSA) is 83.5 Å². The smallest absolute Gasteiger partial charge is 0.336 e. The van der Waals surface area contributed by atoms with E-state index in [-0.39, 0.29) is 10.5 Å². The van der Waals surface area contributed by atoms with E-state index in [2.05, 4.69) is 5.32 Å². The lowest BCUT2D eigenvalue weighted by Crippen LogP contribution is -2.16. The highest BCUT2D eigenvalue weighted by molar-refractivity contribution is 7.95. The van der Waals surface area contributed by atoms with Crippen molar-refractivity contribution in [1.29, 1.82) is 0 Å². The van der Waals surface area contributed by atoms with Crippen LogP contribution in [-0.2, 0) is 9.84 Å². The van der Waals surface area contributed by atoms with Gasteiger partial charge in [-0.3, -0.25) is 0 Å². The van der Waals surface area contributed by atoms with Crippen LogP contribution in [0.2, 0.25) is 0 Å². The molecule has 1 aromatic rings. The molecule has 96 valence electrons. The fourth-order valence-corrected chi connectivity index (χ4v) is 3.47. The van der Waals surface area contributed by atoms with Crippen molar-refractivity contribution in [2.45, 2.75) is 11.8 Å². The van der Waals surface area contributed by atoms with Gasteiger partial charge in [0.15, 0.2) is 0 Å². The highest BCUT2D eigenvalue weighted by Crippen LogP contribution is 2.35. The molecule has 1 aliphatic rings. The molecular formula is C12H13NO4S. The molecule has 0 spiro atoms. The van der Waals surface area contributed by atoms with Gasteiger partial charge >= 0.3 is 5.97 Å². The summed E-state index contributed by atoms with van der Waals surface area (Å²) in [4.78, 5) is 11.2. The predicted molar refractivity (Wildman–Crippen MR) is 67.1 cm³/mol. The van der Waals surface area contributed by atoms with Gasteiger partial charge in [0.2, 0.25) is 9.84 Å². The minimum Gasteiger partial charge on any atom is -0.478 e. The maximum absolute atomic E-state index is 11.9. The lowest BCUT2D eigenvalue weighted by molar-refractivity contribution is 0.0696. The Morgan fingerprint density at radius 3 is 2.72 bits per heavy atom. The molecular weight excluding hydrogens is 254 g/mol. The standard InChI is InChI=1S/C12H13NO4S/c1-2-13-6-8-7-18(16,17)10-5-3-4-9(11(8)10)12(14)15/h3-5,7,13H,2,6H2,1H3,(H,14,15). The minimum atomic E-state index is -3.51. The van der Waals surface area contributed by atoms with Crippen LogP contribution in [0.3, 0.4) is 0 Å². The molecule has 0 saturated heterocycles. The Labute approximate surface area is 105 Å². The molecule has 0 bridgehead atoms. The first-order valence-electron chi connectivity index (χ1n) is 5.50. The van der Waals surface area contributed by atoms with Gasteiger partial charge in [0.25, 0.3) is 0 Å². The number of hydrogen-bond acceptors (Lipinski definition) is 4. The number of rotatable bonds is 4. The number of fused-ring (bicyclic) bond motifs is 1. The summed E-state index contributed by atoms with van der Waals surface area (Å²) < 4.78 is 23.8. The fraction of sp³-hybridized carbons (Fsp3) is 0.250. The summed E-state index contributed by atoms with van der Waals surface area (Å²) >= 11 is 0. The molecule has 0 unspecified atom stereocenters. The first kappa shape index (κ1) is 12.8. The van der Waals surface area contributed by atoms with E-state index in [0.717, 1.165) is 5.41 Å². The second kappa shape index (κ2) is 4.55. The molecule has 1 aliphatic heterocycles. The average molecular weight is 267 g/mol. The van der Waals surface area contributed by atoms with Crippen LogP contribution in [0, 0.1) is 0 Å². The Bertz CT molecular complexity index is 631. The largest absolute Gasteiger partial charge is 0.478 e. The maximum Gasteiger partial charge on any atom is 0.336 e. The summed E-state index contributed by atoms with van der Waals surface area (Å²) in [5, 5.41) is 13.3. The number of carboxylic acids is 1. The molecule has 0 fully saturated rings. The van der Waals surface area contributed by atoms with Crippen LogP contribution in [0.4, 0.5) is 0 Å². The Kier molecular flexibility index (Phi) is 3.23. The summed E-state index contributed by atoms with van der Waals surface area (Å²) in [6, 6.07) is 4.30. The van der Waals surface area contributed by atoms with E-state index in [1.807, 2.05) is 6.92 Å². The van der Waals surface area contributed by atoms with Crippen molar-refractivity contribution in [3.63, 3.8) is 0 Å². The van der Waals surface area contributed by atoms with Gasteiger partial charge < -0.3 is 10.4 Å². The SMILES string of the molecule is CCNCC1=CS(=O)(=O)c2cccc(C(=O)O)c21. The molecule has 6 heteroatoms. The molecule has 1 aromatic carbocycles. The molecule has 0 atom stereocenters. The van der Waals surface area contributed by atoms with Crippen LogP contribution in [0.1, 0.15) is 22.8 Å². The maximum atomic E-state index is 11.9. The quantitative estimate of drug-likeness (QED) is 0.854. The fourth-order valence-electron chi connectivity index (χ4n) is 1.98. The zero-order valence-electron chi connectivity index (χ0n) is 9.80.